The normalized spacial score (nSPS) is 9.47. The molecule has 2 N–H and O–H groups in total. The first-order valence-electron chi connectivity index (χ1n) is 5.42. The average molecular weight is 233 g/mol. The maximum atomic E-state index is 11.3. The highest BCUT2D eigenvalue weighted by Gasteiger charge is 2.04. The Morgan fingerprint density at radius 2 is 2.29 bits per heavy atom. The Morgan fingerprint density at radius 3 is 2.94 bits per heavy atom. The summed E-state index contributed by atoms with van der Waals surface area (Å²) < 4.78 is 0. The number of hydrogen-bond donors (Lipinski definition) is 2. The molecular weight excluding hydrogens is 218 g/mol. The highest BCUT2D eigenvalue weighted by Crippen LogP contribution is 2.03. The fraction of sp³-hybridized carbons (Fsp3) is 0.455. The van der Waals surface area contributed by atoms with Crippen LogP contribution in [0.3, 0.4) is 0 Å². The van der Waals surface area contributed by atoms with Gasteiger partial charge in [0.1, 0.15) is 11.8 Å². The molecule has 90 valence electrons. The van der Waals surface area contributed by atoms with Gasteiger partial charge in [-0.2, -0.15) is 5.26 Å². The van der Waals surface area contributed by atoms with Crippen molar-refractivity contribution in [3.05, 3.63) is 17.5 Å². The molecule has 0 aliphatic rings. The Kier molecular flexibility index (Phi) is 4.88. The van der Waals surface area contributed by atoms with Crippen molar-refractivity contribution in [1.82, 2.24) is 15.3 Å². The molecule has 0 atom stereocenters. The van der Waals surface area contributed by atoms with Crippen molar-refractivity contribution in [2.24, 2.45) is 0 Å². The van der Waals surface area contributed by atoms with E-state index >= 15 is 0 Å². The molecule has 0 aromatic carbocycles. The molecule has 6 nitrogen and oxygen atoms in total. The van der Waals surface area contributed by atoms with E-state index in [9.17, 15) is 4.79 Å². The maximum Gasteiger partial charge on any atom is 0.239 e. The van der Waals surface area contributed by atoms with Gasteiger partial charge in [-0.3, -0.25) is 4.79 Å². The van der Waals surface area contributed by atoms with Gasteiger partial charge >= 0.3 is 0 Å². The summed E-state index contributed by atoms with van der Waals surface area (Å²) in [6, 6.07) is 3.52. The van der Waals surface area contributed by atoms with E-state index in [1.165, 1.54) is 0 Å². The summed E-state index contributed by atoms with van der Waals surface area (Å²) in [5.74, 6) is 0.184. The van der Waals surface area contributed by atoms with Gasteiger partial charge in [0.2, 0.25) is 11.9 Å². The van der Waals surface area contributed by atoms with E-state index in [0.29, 0.717) is 18.2 Å². The zero-order chi connectivity index (χ0) is 12.7. The van der Waals surface area contributed by atoms with E-state index in [2.05, 4.69) is 20.6 Å². The van der Waals surface area contributed by atoms with Crippen LogP contribution in [-0.4, -0.2) is 29.0 Å². The summed E-state index contributed by atoms with van der Waals surface area (Å²) in [5.41, 5.74) is 0.974. The first kappa shape index (κ1) is 12.9. The van der Waals surface area contributed by atoms with Gasteiger partial charge in [0, 0.05) is 12.2 Å². The molecule has 0 radical (unpaired) electrons. The number of aromatic nitrogens is 2. The van der Waals surface area contributed by atoms with Crippen LogP contribution in [0.15, 0.2) is 6.07 Å². The number of carbonyl (C=O) groups is 1. The minimum atomic E-state index is -0.115. The van der Waals surface area contributed by atoms with Gasteiger partial charge in [-0.15, -0.1) is 0 Å². The van der Waals surface area contributed by atoms with Crippen LogP contribution in [0.4, 0.5) is 5.95 Å². The van der Waals surface area contributed by atoms with Crippen LogP contribution >= 0.6 is 0 Å². The largest absolute Gasteiger partial charge is 0.355 e. The first-order chi connectivity index (χ1) is 8.15. The van der Waals surface area contributed by atoms with Crippen molar-refractivity contribution in [3.8, 4) is 6.07 Å². The summed E-state index contributed by atoms with van der Waals surface area (Å²) in [4.78, 5) is 19.3. The average Bonchev–Trinajstić information content (AvgIpc) is 2.33. The predicted octanol–water partition coefficient (Wildman–Crippen LogP) is 0.595. The second-order valence-electron chi connectivity index (χ2n) is 3.53. The molecule has 1 heterocycles. The third-order valence-electron chi connectivity index (χ3n) is 1.95. The van der Waals surface area contributed by atoms with Gasteiger partial charge in [0.05, 0.1) is 6.54 Å². The second-order valence-corrected chi connectivity index (χ2v) is 3.53. The number of amides is 1. The number of anilines is 1. The van der Waals surface area contributed by atoms with Crippen molar-refractivity contribution < 1.29 is 4.79 Å². The number of nitriles is 1. The lowest BCUT2D eigenvalue weighted by molar-refractivity contribution is -0.119. The second kappa shape index (κ2) is 6.43. The van der Waals surface area contributed by atoms with Crippen molar-refractivity contribution in [1.29, 1.82) is 5.26 Å². The molecule has 0 unspecified atom stereocenters. The van der Waals surface area contributed by atoms with Crippen molar-refractivity contribution in [2.45, 2.75) is 20.3 Å². The Balaban J connectivity index is 2.55. The fourth-order valence-electron chi connectivity index (χ4n) is 1.19. The Labute approximate surface area is 100 Å². The molecule has 1 aromatic heterocycles. The lowest BCUT2D eigenvalue weighted by Crippen LogP contribution is -2.30. The van der Waals surface area contributed by atoms with E-state index in [-0.39, 0.29) is 18.1 Å². The van der Waals surface area contributed by atoms with Crippen molar-refractivity contribution >= 4 is 11.9 Å². The Hall–Kier alpha value is -2.16. The third kappa shape index (κ3) is 4.47. The van der Waals surface area contributed by atoms with Gasteiger partial charge in [0.15, 0.2) is 0 Å². The van der Waals surface area contributed by atoms with Crippen LogP contribution in [0.2, 0.25) is 0 Å². The number of nitrogens with zero attached hydrogens (tertiary/aromatic N) is 3. The number of rotatable bonds is 5. The summed E-state index contributed by atoms with van der Waals surface area (Å²) >= 11 is 0. The SMILES string of the molecule is CCCNC(=O)CNc1nc(C)cc(C#N)n1. The van der Waals surface area contributed by atoms with Crippen LogP contribution < -0.4 is 10.6 Å². The molecule has 0 fully saturated rings. The van der Waals surface area contributed by atoms with E-state index in [0.717, 1.165) is 6.42 Å². The van der Waals surface area contributed by atoms with Crippen LogP contribution in [0.5, 0.6) is 0 Å². The molecule has 0 spiro atoms. The molecule has 0 bridgehead atoms. The first-order valence-corrected chi connectivity index (χ1v) is 5.42. The zero-order valence-electron chi connectivity index (χ0n) is 9.95. The number of aryl methyl sites for hydroxylation is 1. The lowest BCUT2D eigenvalue weighted by Gasteiger charge is -2.06. The zero-order valence-corrected chi connectivity index (χ0v) is 9.95. The molecule has 0 aliphatic carbocycles. The summed E-state index contributed by atoms with van der Waals surface area (Å²) in [7, 11) is 0. The summed E-state index contributed by atoms with van der Waals surface area (Å²) in [6.07, 6.45) is 0.894. The monoisotopic (exact) mass is 233 g/mol. The van der Waals surface area contributed by atoms with E-state index in [1.807, 2.05) is 13.0 Å². The minimum Gasteiger partial charge on any atom is -0.355 e. The van der Waals surface area contributed by atoms with E-state index in [1.54, 1.807) is 13.0 Å². The standard InChI is InChI=1S/C11H15N5O/c1-3-4-13-10(17)7-14-11-15-8(2)5-9(6-12)16-11/h5H,3-4,7H2,1-2H3,(H,13,17)(H,14,15,16). The molecular formula is C11H15N5O. The van der Waals surface area contributed by atoms with Gasteiger partial charge in [-0.25, -0.2) is 9.97 Å². The predicted molar refractivity (Wildman–Crippen MR) is 63.3 cm³/mol. The maximum absolute atomic E-state index is 11.3. The smallest absolute Gasteiger partial charge is 0.239 e. The lowest BCUT2D eigenvalue weighted by atomic mass is 10.3. The topological polar surface area (TPSA) is 90.7 Å². The summed E-state index contributed by atoms with van der Waals surface area (Å²) in [5, 5.41) is 14.2. The number of carbonyl (C=O) groups excluding carboxylic acids is 1. The minimum absolute atomic E-state index is 0.105. The molecule has 0 aliphatic heterocycles. The van der Waals surface area contributed by atoms with E-state index < -0.39 is 0 Å². The van der Waals surface area contributed by atoms with Crippen LogP contribution in [0.1, 0.15) is 24.7 Å². The quantitative estimate of drug-likeness (QED) is 0.777. The van der Waals surface area contributed by atoms with E-state index in [4.69, 9.17) is 5.26 Å². The van der Waals surface area contributed by atoms with Crippen LogP contribution in [0, 0.1) is 18.3 Å². The molecule has 1 amide bonds. The highest BCUT2D eigenvalue weighted by atomic mass is 16.1. The number of hydrogen-bond acceptors (Lipinski definition) is 5. The Bertz CT molecular complexity index is 438. The Morgan fingerprint density at radius 1 is 1.53 bits per heavy atom. The van der Waals surface area contributed by atoms with Crippen molar-refractivity contribution in [3.63, 3.8) is 0 Å². The third-order valence-corrected chi connectivity index (χ3v) is 1.95. The fourth-order valence-corrected chi connectivity index (χ4v) is 1.19. The van der Waals surface area contributed by atoms with Gasteiger partial charge in [0.25, 0.3) is 0 Å². The molecule has 1 rings (SSSR count). The number of nitrogens with one attached hydrogen (secondary N) is 2. The van der Waals surface area contributed by atoms with Crippen molar-refractivity contribution in [2.75, 3.05) is 18.4 Å². The van der Waals surface area contributed by atoms with Gasteiger partial charge in [-0.05, 0) is 19.4 Å². The molecule has 6 heteroatoms. The van der Waals surface area contributed by atoms with Gasteiger partial charge in [-0.1, -0.05) is 6.92 Å². The van der Waals surface area contributed by atoms with Crippen LogP contribution in [-0.2, 0) is 4.79 Å². The molecule has 0 saturated heterocycles. The molecule has 17 heavy (non-hydrogen) atoms. The van der Waals surface area contributed by atoms with Crippen LogP contribution in [0.25, 0.3) is 0 Å². The summed E-state index contributed by atoms with van der Waals surface area (Å²) in [6.45, 7) is 4.51. The highest BCUT2D eigenvalue weighted by molar-refractivity contribution is 5.80. The van der Waals surface area contributed by atoms with Gasteiger partial charge < -0.3 is 10.6 Å². The molecule has 0 saturated carbocycles. The molecule has 1 aromatic rings.